The first-order chi connectivity index (χ1) is 10.0. The minimum atomic E-state index is -1.77. The summed E-state index contributed by atoms with van der Waals surface area (Å²) in [5.41, 5.74) is 4.69. The van der Waals surface area contributed by atoms with Crippen molar-refractivity contribution in [2.45, 2.75) is 23.1 Å². The third-order valence-electron chi connectivity index (χ3n) is 3.52. The highest BCUT2D eigenvalue weighted by Gasteiger charge is 2.50. The summed E-state index contributed by atoms with van der Waals surface area (Å²) >= 11 is 1.30. The van der Waals surface area contributed by atoms with Crippen LogP contribution in [0.2, 0.25) is 0 Å². The number of anilines is 1. The second-order valence-corrected chi connectivity index (χ2v) is 5.51. The summed E-state index contributed by atoms with van der Waals surface area (Å²) in [4.78, 5) is 12.4. The average molecular weight is 313 g/mol. The number of aliphatic hydroxyl groups is 3. The topological polar surface area (TPSA) is 140 Å². The zero-order valence-corrected chi connectivity index (χ0v) is 12.0. The fourth-order valence-corrected chi connectivity index (χ4v) is 2.71. The molecule has 3 rings (SSSR count). The molecule has 0 aromatic carbocycles. The van der Waals surface area contributed by atoms with Crippen LogP contribution >= 0.6 is 11.8 Å². The maximum absolute atomic E-state index is 10.7. The van der Waals surface area contributed by atoms with E-state index in [9.17, 15) is 10.2 Å². The Hall–Kier alpha value is -1.46. The monoisotopic (exact) mass is 313 g/mol. The molecule has 2 aromatic rings. The number of nitrogens with zero attached hydrogens (tertiary/aromatic N) is 4. The fourth-order valence-electron chi connectivity index (χ4n) is 2.34. The van der Waals surface area contributed by atoms with Crippen molar-refractivity contribution in [3.63, 3.8) is 0 Å². The van der Waals surface area contributed by atoms with Crippen molar-refractivity contribution < 1.29 is 20.1 Å². The Balaban J connectivity index is 2.15. The number of nitrogens with two attached hydrogens (primary N) is 1. The minimum Gasteiger partial charge on any atom is -0.394 e. The summed E-state index contributed by atoms with van der Waals surface area (Å²) in [5.74, 6) is 0.193. The van der Waals surface area contributed by atoms with E-state index in [1.54, 1.807) is 6.26 Å². The van der Waals surface area contributed by atoms with Crippen LogP contribution in [0.1, 0.15) is 0 Å². The van der Waals surface area contributed by atoms with Gasteiger partial charge in [0.15, 0.2) is 22.3 Å². The summed E-state index contributed by atoms with van der Waals surface area (Å²) in [6.07, 6.45) is 0.942. The van der Waals surface area contributed by atoms with Gasteiger partial charge in [0.1, 0.15) is 17.7 Å². The lowest BCUT2D eigenvalue weighted by Gasteiger charge is -2.27. The molecule has 0 saturated carbocycles. The molecular weight excluding hydrogens is 298 g/mol. The molecule has 2 aromatic heterocycles. The maximum atomic E-state index is 10.7. The number of hydrogen-bond acceptors (Lipinski definition) is 9. The molecule has 3 heterocycles. The van der Waals surface area contributed by atoms with Crippen LogP contribution in [0.4, 0.5) is 5.82 Å². The van der Waals surface area contributed by atoms with E-state index in [-0.39, 0.29) is 12.4 Å². The molecule has 0 unspecified atom stereocenters. The average Bonchev–Trinajstić information content (AvgIpc) is 3.03. The van der Waals surface area contributed by atoms with Gasteiger partial charge in [-0.1, -0.05) is 11.8 Å². The first kappa shape index (κ1) is 14.5. The SMILES string of the molecule is CSc1nc(N)c2ncn([C@@]3(O)CO[C@H](CO)[C@H]3O)c2n1. The second-order valence-electron chi connectivity index (χ2n) is 4.74. The van der Waals surface area contributed by atoms with E-state index in [2.05, 4.69) is 15.0 Å². The summed E-state index contributed by atoms with van der Waals surface area (Å²) < 4.78 is 6.52. The van der Waals surface area contributed by atoms with Crippen molar-refractivity contribution in [1.82, 2.24) is 19.5 Å². The van der Waals surface area contributed by atoms with E-state index in [1.807, 2.05) is 0 Å². The Kier molecular flexibility index (Phi) is 3.50. The highest BCUT2D eigenvalue weighted by atomic mass is 32.2. The Bertz CT molecular complexity index is 680. The quantitative estimate of drug-likeness (QED) is 0.395. The van der Waals surface area contributed by atoms with Crippen LogP contribution in [-0.4, -0.2) is 66.5 Å². The number of rotatable bonds is 3. The lowest BCUT2D eigenvalue weighted by atomic mass is 10.1. The third-order valence-corrected chi connectivity index (χ3v) is 4.07. The van der Waals surface area contributed by atoms with Gasteiger partial charge in [-0.25, -0.2) is 15.0 Å². The normalized spacial score (nSPS) is 29.3. The Morgan fingerprint density at radius 1 is 1.57 bits per heavy atom. The second kappa shape index (κ2) is 5.07. The molecule has 0 bridgehead atoms. The van der Waals surface area contributed by atoms with Gasteiger partial charge in [0.2, 0.25) is 0 Å². The lowest BCUT2D eigenvalue weighted by molar-refractivity contribution is -0.110. The molecule has 21 heavy (non-hydrogen) atoms. The molecule has 0 spiro atoms. The van der Waals surface area contributed by atoms with Gasteiger partial charge in [-0.2, -0.15) is 0 Å². The predicted octanol–water partition coefficient (Wildman–Crippen LogP) is -1.47. The van der Waals surface area contributed by atoms with E-state index >= 15 is 0 Å². The van der Waals surface area contributed by atoms with E-state index in [4.69, 9.17) is 15.6 Å². The minimum absolute atomic E-state index is 0.191. The van der Waals surface area contributed by atoms with Crippen molar-refractivity contribution in [2.75, 3.05) is 25.2 Å². The zero-order chi connectivity index (χ0) is 15.2. The first-order valence-electron chi connectivity index (χ1n) is 6.19. The van der Waals surface area contributed by atoms with E-state index in [0.29, 0.717) is 16.3 Å². The van der Waals surface area contributed by atoms with Crippen LogP contribution in [0.3, 0.4) is 0 Å². The standard InChI is InChI=1S/C11H15N5O4S/c1-21-10-14-8(12)6-9(15-10)16(4-13-6)11(19)3-20-5(2-17)7(11)18/h4-5,7,17-19H,2-3H2,1H3,(H2,12,14,15)/t5-,7-,11-/m1/s1. The molecule has 9 nitrogen and oxygen atoms in total. The molecule has 1 fully saturated rings. The molecule has 114 valence electrons. The molecule has 1 aliphatic heterocycles. The Labute approximate surface area is 123 Å². The van der Waals surface area contributed by atoms with Gasteiger partial charge in [0, 0.05) is 0 Å². The molecular formula is C11H15N5O4S. The lowest BCUT2D eigenvalue weighted by Crippen LogP contribution is -2.46. The van der Waals surface area contributed by atoms with Crippen LogP contribution in [0.25, 0.3) is 11.2 Å². The molecule has 1 saturated heterocycles. The number of aliphatic hydroxyl groups excluding tert-OH is 2. The first-order valence-corrected chi connectivity index (χ1v) is 7.41. The van der Waals surface area contributed by atoms with Crippen molar-refractivity contribution in [1.29, 1.82) is 0 Å². The van der Waals surface area contributed by atoms with Gasteiger partial charge < -0.3 is 25.8 Å². The Morgan fingerprint density at radius 3 is 2.95 bits per heavy atom. The van der Waals surface area contributed by atoms with Crippen molar-refractivity contribution in [3.8, 4) is 0 Å². The molecule has 1 aliphatic rings. The predicted molar refractivity (Wildman–Crippen MR) is 74.5 cm³/mol. The maximum Gasteiger partial charge on any atom is 0.197 e. The summed E-state index contributed by atoms with van der Waals surface area (Å²) in [6, 6.07) is 0. The number of thioether (sulfide) groups is 1. The largest absolute Gasteiger partial charge is 0.394 e. The number of ether oxygens (including phenoxy) is 1. The van der Waals surface area contributed by atoms with Crippen LogP contribution in [0, 0.1) is 0 Å². The summed E-state index contributed by atoms with van der Waals surface area (Å²) in [5, 5.41) is 30.4. The number of hydrogen-bond donors (Lipinski definition) is 4. The number of imidazole rings is 1. The van der Waals surface area contributed by atoms with Crippen molar-refractivity contribution in [2.24, 2.45) is 0 Å². The van der Waals surface area contributed by atoms with Gasteiger partial charge in [-0.3, -0.25) is 4.57 Å². The van der Waals surface area contributed by atoms with Gasteiger partial charge in [0.05, 0.1) is 19.5 Å². The van der Waals surface area contributed by atoms with E-state index in [0.717, 1.165) is 0 Å². The van der Waals surface area contributed by atoms with Gasteiger partial charge >= 0.3 is 0 Å². The van der Waals surface area contributed by atoms with Crippen LogP contribution in [0.15, 0.2) is 11.5 Å². The number of aromatic nitrogens is 4. The van der Waals surface area contributed by atoms with Crippen LogP contribution < -0.4 is 5.73 Å². The zero-order valence-electron chi connectivity index (χ0n) is 11.2. The third kappa shape index (κ3) is 2.07. The van der Waals surface area contributed by atoms with Crippen molar-refractivity contribution in [3.05, 3.63) is 6.33 Å². The highest BCUT2D eigenvalue weighted by molar-refractivity contribution is 7.98. The molecule has 0 radical (unpaired) electrons. The molecule has 0 aliphatic carbocycles. The van der Waals surface area contributed by atoms with Crippen LogP contribution in [0.5, 0.6) is 0 Å². The Morgan fingerprint density at radius 2 is 2.33 bits per heavy atom. The number of nitrogen functional groups attached to an aromatic ring is 1. The summed E-state index contributed by atoms with van der Waals surface area (Å²) in [6.45, 7) is -0.591. The van der Waals surface area contributed by atoms with E-state index < -0.39 is 24.5 Å². The smallest absolute Gasteiger partial charge is 0.197 e. The summed E-state index contributed by atoms with van der Waals surface area (Å²) in [7, 11) is 0. The molecule has 5 N–H and O–H groups in total. The molecule has 3 atom stereocenters. The molecule has 10 heteroatoms. The fraction of sp³-hybridized carbons (Fsp3) is 0.545. The highest BCUT2D eigenvalue weighted by Crippen LogP contribution is 2.32. The van der Waals surface area contributed by atoms with Crippen LogP contribution in [-0.2, 0) is 10.5 Å². The van der Waals surface area contributed by atoms with Gasteiger partial charge in [-0.15, -0.1) is 0 Å². The molecule has 0 amide bonds. The number of fused-ring (bicyclic) bond motifs is 1. The van der Waals surface area contributed by atoms with Gasteiger partial charge in [-0.05, 0) is 6.26 Å². The van der Waals surface area contributed by atoms with Gasteiger partial charge in [0.25, 0.3) is 0 Å². The van der Waals surface area contributed by atoms with E-state index in [1.165, 1.54) is 22.7 Å². The van der Waals surface area contributed by atoms with Crippen molar-refractivity contribution >= 4 is 28.7 Å².